The van der Waals surface area contributed by atoms with Crippen molar-refractivity contribution in [3.8, 4) is 5.69 Å². The molecule has 0 fully saturated rings. The smallest absolute Gasteiger partial charge is 0.314 e. The van der Waals surface area contributed by atoms with Crippen LogP contribution in [-0.4, -0.2) is 27.0 Å². The molecule has 0 aliphatic rings. The number of fused-ring (bicyclic) bond motifs is 1. The quantitative estimate of drug-likeness (QED) is 0.350. The van der Waals surface area contributed by atoms with Crippen LogP contribution in [-0.2, 0) is 0 Å². The molecule has 4 aromatic rings. The highest BCUT2D eigenvalue weighted by Crippen LogP contribution is 2.27. The van der Waals surface area contributed by atoms with Crippen LogP contribution in [0.4, 0.5) is 14.9 Å². The number of para-hydroxylation sites is 2. The van der Waals surface area contributed by atoms with E-state index in [1.807, 2.05) is 69.3 Å². The number of hydrogen-bond donors (Lipinski definition) is 1. The van der Waals surface area contributed by atoms with Crippen molar-refractivity contribution in [3.63, 3.8) is 0 Å². The molecule has 1 heterocycles. The Hall–Kier alpha value is -4.00. The van der Waals surface area contributed by atoms with Crippen molar-refractivity contribution in [2.75, 3.05) is 11.9 Å². The summed E-state index contributed by atoms with van der Waals surface area (Å²) in [4.78, 5) is 33.8. The summed E-state index contributed by atoms with van der Waals surface area (Å²) in [7, 11) is 0. The summed E-state index contributed by atoms with van der Waals surface area (Å²) in [6.45, 7) is 6.43. The summed E-state index contributed by atoms with van der Waals surface area (Å²) in [6, 6.07) is 21.5. The average Bonchev–Trinajstić information content (AvgIpc) is 2.84. The first-order valence-electron chi connectivity index (χ1n) is 11.8. The Morgan fingerprint density at radius 2 is 1.74 bits per heavy atom. The molecule has 1 N–H and O–H groups in total. The summed E-state index contributed by atoms with van der Waals surface area (Å²) in [5, 5.41) is 3.32. The molecule has 1 unspecified atom stereocenters. The molecule has 0 bridgehead atoms. The Balaban J connectivity index is 1.87. The van der Waals surface area contributed by atoms with Crippen molar-refractivity contribution < 1.29 is 9.18 Å². The van der Waals surface area contributed by atoms with Crippen molar-refractivity contribution >= 4 is 22.6 Å². The number of anilines is 1. The molecule has 0 aliphatic heterocycles. The molecule has 2 amide bonds. The minimum Gasteiger partial charge on any atom is -0.314 e. The van der Waals surface area contributed by atoms with Crippen LogP contribution in [0.5, 0.6) is 0 Å². The largest absolute Gasteiger partial charge is 0.322 e. The van der Waals surface area contributed by atoms with Gasteiger partial charge in [0.05, 0.1) is 22.6 Å². The van der Waals surface area contributed by atoms with Crippen LogP contribution < -0.4 is 10.9 Å². The number of carbonyl (C=O) groups is 1. The highest BCUT2D eigenvalue weighted by atomic mass is 19.1. The highest BCUT2D eigenvalue weighted by molar-refractivity contribution is 5.89. The summed E-state index contributed by atoms with van der Waals surface area (Å²) >= 11 is 0. The van der Waals surface area contributed by atoms with Crippen molar-refractivity contribution in [1.29, 1.82) is 0 Å². The number of halogens is 1. The molecule has 180 valence electrons. The lowest BCUT2D eigenvalue weighted by molar-refractivity contribution is 0.171. The number of amides is 2. The number of carbonyl (C=O) groups excluding carboxylic acids is 1. The van der Waals surface area contributed by atoms with Crippen LogP contribution in [0.1, 0.15) is 39.1 Å². The Morgan fingerprint density at radius 1 is 1.03 bits per heavy atom. The summed E-state index contributed by atoms with van der Waals surface area (Å²) in [5.74, 6) is 0.205. The van der Waals surface area contributed by atoms with E-state index in [0.29, 0.717) is 41.1 Å². The van der Waals surface area contributed by atoms with Gasteiger partial charge in [0, 0.05) is 12.2 Å². The summed E-state index contributed by atoms with van der Waals surface area (Å²) in [6.07, 6.45) is 0.529. The van der Waals surface area contributed by atoms with Gasteiger partial charge in [-0.3, -0.25) is 9.36 Å². The molecule has 0 saturated carbocycles. The van der Waals surface area contributed by atoms with Gasteiger partial charge in [-0.05, 0) is 54.8 Å². The monoisotopic (exact) mass is 472 g/mol. The van der Waals surface area contributed by atoms with E-state index in [-0.39, 0.29) is 17.5 Å². The first-order valence-corrected chi connectivity index (χ1v) is 11.8. The van der Waals surface area contributed by atoms with Gasteiger partial charge < -0.3 is 10.2 Å². The Kier molecular flexibility index (Phi) is 7.25. The molecule has 3 aromatic carbocycles. The van der Waals surface area contributed by atoms with Crippen LogP contribution in [0.15, 0.2) is 83.7 Å². The molecular formula is C28H29FN4O2. The van der Waals surface area contributed by atoms with E-state index in [1.165, 1.54) is 12.1 Å². The fourth-order valence-corrected chi connectivity index (χ4v) is 4.25. The molecule has 0 spiro atoms. The molecule has 0 radical (unpaired) electrons. The fourth-order valence-electron chi connectivity index (χ4n) is 4.25. The van der Waals surface area contributed by atoms with E-state index in [4.69, 9.17) is 4.98 Å². The Bertz CT molecular complexity index is 1380. The van der Waals surface area contributed by atoms with Gasteiger partial charge in [0.1, 0.15) is 11.6 Å². The van der Waals surface area contributed by atoms with Crippen molar-refractivity contribution in [2.24, 2.45) is 5.92 Å². The number of hydrogen-bond acceptors (Lipinski definition) is 3. The van der Waals surface area contributed by atoms with Crippen LogP contribution in [0.3, 0.4) is 0 Å². The minimum absolute atomic E-state index is 0.152. The minimum atomic E-state index is -0.497. The predicted octanol–water partition coefficient (Wildman–Crippen LogP) is 6.17. The van der Waals surface area contributed by atoms with Crippen LogP contribution in [0, 0.1) is 11.7 Å². The van der Waals surface area contributed by atoms with Gasteiger partial charge in [0.15, 0.2) is 0 Å². The van der Waals surface area contributed by atoms with Crippen molar-refractivity contribution in [2.45, 2.75) is 33.2 Å². The molecule has 1 aromatic heterocycles. The van der Waals surface area contributed by atoms with Crippen LogP contribution in [0.25, 0.3) is 16.6 Å². The van der Waals surface area contributed by atoms with E-state index >= 15 is 0 Å². The number of rotatable bonds is 7. The Labute approximate surface area is 204 Å². The average molecular weight is 473 g/mol. The lowest BCUT2D eigenvalue weighted by Crippen LogP contribution is -2.42. The van der Waals surface area contributed by atoms with E-state index in [0.717, 1.165) is 0 Å². The molecular weight excluding hydrogens is 443 g/mol. The van der Waals surface area contributed by atoms with Gasteiger partial charge in [0.25, 0.3) is 5.56 Å². The first kappa shape index (κ1) is 24.1. The molecule has 4 rings (SSSR count). The van der Waals surface area contributed by atoms with E-state index in [1.54, 1.807) is 27.7 Å². The maximum absolute atomic E-state index is 13.7. The van der Waals surface area contributed by atoms with E-state index < -0.39 is 11.9 Å². The Morgan fingerprint density at radius 3 is 2.43 bits per heavy atom. The van der Waals surface area contributed by atoms with Gasteiger partial charge >= 0.3 is 6.03 Å². The second-order valence-corrected chi connectivity index (χ2v) is 8.87. The maximum atomic E-state index is 13.7. The highest BCUT2D eigenvalue weighted by Gasteiger charge is 2.29. The number of urea groups is 1. The maximum Gasteiger partial charge on any atom is 0.322 e. The molecule has 6 nitrogen and oxygen atoms in total. The van der Waals surface area contributed by atoms with Crippen LogP contribution in [0.2, 0.25) is 0 Å². The molecule has 0 aliphatic carbocycles. The third kappa shape index (κ3) is 5.24. The fraction of sp³-hybridized carbons (Fsp3) is 0.250. The zero-order chi connectivity index (χ0) is 24.9. The van der Waals surface area contributed by atoms with Crippen molar-refractivity contribution in [3.05, 3.63) is 101 Å². The third-order valence-corrected chi connectivity index (χ3v) is 5.78. The molecule has 7 heteroatoms. The normalized spacial score (nSPS) is 12.0. The third-order valence-electron chi connectivity index (χ3n) is 5.78. The number of aromatic nitrogens is 2. The topological polar surface area (TPSA) is 67.2 Å². The number of benzene rings is 3. The van der Waals surface area contributed by atoms with Crippen LogP contribution >= 0.6 is 0 Å². The lowest BCUT2D eigenvalue weighted by atomic mass is 10.1. The van der Waals surface area contributed by atoms with Gasteiger partial charge in [-0.1, -0.05) is 57.2 Å². The zero-order valence-electron chi connectivity index (χ0n) is 20.1. The second-order valence-electron chi connectivity index (χ2n) is 8.87. The predicted molar refractivity (Wildman–Crippen MR) is 137 cm³/mol. The molecule has 35 heavy (non-hydrogen) atoms. The van der Waals surface area contributed by atoms with Crippen molar-refractivity contribution in [1.82, 2.24) is 14.5 Å². The SMILES string of the molecule is CCC(c1nc2ccccc2c(=O)n1-c1ccccc1)N(CC(C)C)C(=O)Nc1cccc(F)c1. The lowest BCUT2D eigenvalue weighted by Gasteiger charge is -2.33. The van der Waals surface area contributed by atoms with Gasteiger partial charge in [-0.2, -0.15) is 0 Å². The van der Waals surface area contributed by atoms with Gasteiger partial charge in [-0.25, -0.2) is 14.2 Å². The van der Waals surface area contributed by atoms with Gasteiger partial charge in [-0.15, -0.1) is 0 Å². The second kappa shape index (κ2) is 10.5. The number of nitrogens with one attached hydrogen (secondary N) is 1. The zero-order valence-corrected chi connectivity index (χ0v) is 20.1. The van der Waals surface area contributed by atoms with E-state index in [9.17, 15) is 14.0 Å². The first-order chi connectivity index (χ1) is 16.9. The number of nitrogens with zero attached hydrogens (tertiary/aromatic N) is 3. The molecule has 0 saturated heterocycles. The summed E-state index contributed by atoms with van der Waals surface area (Å²) in [5.41, 5.74) is 1.43. The summed E-state index contributed by atoms with van der Waals surface area (Å²) < 4.78 is 15.3. The molecule has 1 atom stereocenters. The van der Waals surface area contributed by atoms with E-state index in [2.05, 4.69) is 5.32 Å². The standard InChI is InChI=1S/C28H29FN4O2/c1-4-25(32(18-19(2)3)28(35)30-21-12-10-11-20(29)17-21)26-31-24-16-9-8-15-23(24)27(34)33(26)22-13-6-5-7-14-22/h5-17,19,25H,4,18H2,1-3H3,(H,30,35). The van der Waals surface area contributed by atoms with Gasteiger partial charge in [0.2, 0.25) is 0 Å².